The summed E-state index contributed by atoms with van der Waals surface area (Å²) in [5.74, 6) is -2.45. The van der Waals surface area contributed by atoms with Crippen molar-refractivity contribution in [3.8, 4) is 11.5 Å². The number of hydrogen-bond donors (Lipinski definition) is 4. The number of epoxide rings is 1. The van der Waals surface area contributed by atoms with Gasteiger partial charge in [-0.15, -0.1) is 0 Å². The van der Waals surface area contributed by atoms with E-state index >= 15 is 0 Å². The number of phenols is 2. The second-order valence-corrected chi connectivity index (χ2v) is 9.90. The Morgan fingerprint density at radius 1 is 1.26 bits per heavy atom. The number of ketones is 1. The van der Waals surface area contributed by atoms with Crippen LogP contribution in [-0.2, 0) is 14.2 Å². The molecule has 2 fully saturated rings. The minimum absolute atomic E-state index is 0.0760. The van der Waals surface area contributed by atoms with Crippen molar-refractivity contribution in [2.45, 2.75) is 96.1 Å². The molecule has 0 radical (unpaired) electrons. The minimum atomic E-state index is -1.40. The number of unbranched alkanes of at least 4 members (excludes halogenated alkanes) is 1. The highest BCUT2D eigenvalue weighted by atomic mass is 16.7. The molecule has 4 N–H and O–H groups in total. The van der Waals surface area contributed by atoms with E-state index in [-0.39, 0.29) is 35.1 Å². The van der Waals surface area contributed by atoms with Crippen LogP contribution in [0.15, 0.2) is 6.07 Å². The fraction of sp³-hybridized carbons (Fsp3) is 0.692. The lowest BCUT2D eigenvalue weighted by molar-refractivity contribution is -0.239. The highest BCUT2D eigenvalue weighted by molar-refractivity contribution is 6.04. The van der Waals surface area contributed by atoms with Gasteiger partial charge in [-0.3, -0.25) is 9.59 Å². The van der Waals surface area contributed by atoms with Crippen LogP contribution in [0.3, 0.4) is 0 Å². The topological polar surface area (TPSA) is 146 Å². The van der Waals surface area contributed by atoms with Gasteiger partial charge in [-0.1, -0.05) is 40.5 Å². The lowest BCUT2D eigenvalue weighted by Crippen LogP contribution is -2.55. The van der Waals surface area contributed by atoms with Crippen molar-refractivity contribution >= 4 is 12.1 Å². The van der Waals surface area contributed by atoms with Crippen LogP contribution in [0.4, 0.5) is 0 Å². The van der Waals surface area contributed by atoms with Crippen LogP contribution in [0.2, 0.25) is 0 Å². The summed E-state index contributed by atoms with van der Waals surface area (Å²) in [5, 5.41) is 42.9. The van der Waals surface area contributed by atoms with Crippen molar-refractivity contribution in [3.05, 3.63) is 22.8 Å². The van der Waals surface area contributed by atoms with Gasteiger partial charge in [-0.2, -0.15) is 0 Å². The smallest absolute Gasteiger partial charge is 0.189 e. The van der Waals surface area contributed by atoms with Gasteiger partial charge < -0.3 is 34.6 Å². The van der Waals surface area contributed by atoms with Gasteiger partial charge in [-0.25, -0.2) is 0 Å². The molecule has 0 amide bonds. The number of aliphatic hydroxyl groups is 2. The average Bonchev–Trinajstić information content (AvgIpc) is 3.56. The second kappa shape index (κ2) is 10.9. The number of benzene rings is 1. The Kier molecular flexibility index (Phi) is 8.60. The van der Waals surface area contributed by atoms with Crippen LogP contribution in [0.25, 0.3) is 0 Å². The first-order chi connectivity index (χ1) is 16.6. The second-order valence-electron chi connectivity index (χ2n) is 9.90. The number of methoxy groups -OCH3 is 1. The number of aromatic hydroxyl groups is 2. The Labute approximate surface area is 206 Å². The van der Waals surface area contributed by atoms with Crippen molar-refractivity contribution in [2.75, 3.05) is 7.11 Å². The van der Waals surface area contributed by atoms with Gasteiger partial charge in [0.05, 0.1) is 35.5 Å². The van der Waals surface area contributed by atoms with E-state index in [1.165, 1.54) is 13.2 Å². The SMILES string of the molecule is CCCCC(C(=O)c1cc(C(OC)C(C)C)c(O)c(C=O)c1O)[C@H]1C[C@@H](O)[C@@]2(O[C@H]2CC)[C@H](O)O1. The lowest BCUT2D eigenvalue weighted by atomic mass is 9.79. The highest BCUT2D eigenvalue weighted by Crippen LogP contribution is 2.50. The Bertz CT molecular complexity index is 916. The van der Waals surface area contributed by atoms with Crippen LogP contribution in [0.5, 0.6) is 11.5 Å². The zero-order valence-corrected chi connectivity index (χ0v) is 21.1. The molecule has 3 rings (SSSR count). The normalized spacial score (nSPS) is 29.8. The van der Waals surface area contributed by atoms with Gasteiger partial charge in [0.25, 0.3) is 0 Å². The van der Waals surface area contributed by atoms with Crippen molar-refractivity contribution in [1.29, 1.82) is 0 Å². The summed E-state index contributed by atoms with van der Waals surface area (Å²) in [5.41, 5.74) is -1.47. The van der Waals surface area contributed by atoms with Crippen molar-refractivity contribution in [2.24, 2.45) is 11.8 Å². The quantitative estimate of drug-likeness (QED) is 0.207. The summed E-state index contributed by atoms with van der Waals surface area (Å²) in [4.78, 5) is 25.6. The molecule has 1 aromatic carbocycles. The summed E-state index contributed by atoms with van der Waals surface area (Å²) < 4.78 is 16.9. The number of carbonyl (C=O) groups is 2. The summed E-state index contributed by atoms with van der Waals surface area (Å²) in [7, 11) is 1.46. The van der Waals surface area contributed by atoms with E-state index in [1.54, 1.807) is 0 Å². The maximum absolute atomic E-state index is 13.8. The Hall–Kier alpha value is -2.04. The number of aliphatic hydroxyl groups excluding tert-OH is 2. The maximum atomic E-state index is 13.8. The zero-order valence-electron chi connectivity index (χ0n) is 21.1. The van der Waals surface area contributed by atoms with Crippen LogP contribution in [0.1, 0.15) is 92.2 Å². The van der Waals surface area contributed by atoms with Crippen LogP contribution < -0.4 is 0 Å². The van der Waals surface area contributed by atoms with E-state index in [2.05, 4.69) is 0 Å². The number of carbonyl (C=O) groups excluding carboxylic acids is 2. The fourth-order valence-corrected chi connectivity index (χ4v) is 5.37. The molecule has 35 heavy (non-hydrogen) atoms. The summed E-state index contributed by atoms with van der Waals surface area (Å²) >= 11 is 0. The molecule has 0 saturated carbocycles. The van der Waals surface area contributed by atoms with E-state index in [0.29, 0.717) is 25.5 Å². The molecular weight excluding hydrogens is 456 g/mol. The third-order valence-electron chi connectivity index (χ3n) is 7.37. The first-order valence-corrected chi connectivity index (χ1v) is 12.4. The predicted molar refractivity (Wildman–Crippen MR) is 126 cm³/mol. The van der Waals surface area contributed by atoms with Crippen molar-refractivity contribution < 1.29 is 44.2 Å². The molecule has 0 bridgehead atoms. The van der Waals surface area contributed by atoms with E-state index in [1.807, 2.05) is 27.7 Å². The molecule has 0 aliphatic carbocycles. The molecule has 0 aromatic heterocycles. The number of hydrogen-bond acceptors (Lipinski definition) is 9. The van der Waals surface area contributed by atoms with Gasteiger partial charge >= 0.3 is 0 Å². The molecule has 9 nitrogen and oxygen atoms in total. The maximum Gasteiger partial charge on any atom is 0.189 e. The molecule has 196 valence electrons. The first-order valence-electron chi connectivity index (χ1n) is 12.4. The van der Waals surface area contributed by atoms with Gasteiger partial charge in [0.15, 0.2) is 24.0 Å². The summed E-state index contributed by atoms with van der Waals surface area (Å²) in [6.07, 6.45) is -1.36. The monoisotopic (exact) mass is 494 g/mol. The lowest BCUT2D eigenvalue weighted by Gasteiger charge is -2.39. The average molecular weight is 495 g/mol. The van der Waals surface area contributed by atoms with E-state index in [9.17, 15) is 30.0 Å². The third kappa shape index (κ3) is 4.84. The molecule has 9 heteroatoms. The fourth-order valence-electron chi connectivity index (χ4n) is 5.37. The third-order valence-corrected chi connectivity index (χ3v) is 7.37. The predicted octanol–water partition coefficient (Wildman–Crippen LogP) is 3.26. The minimum Gasteiger partial charge on any atom is -0.507 e. The molecular formula is C26H38O9. The molecule has 2 aliphatic heterocycles. The molecule has 2 aliphatic rings. The number of Topliss-reactive ketones (excluding diaryl/α,β-unsaturated/α-hetero) is 1. The van der Waals surface area contributed by atoms with Gasteiger partial charge in [0, 0.05) is 25.0 Å². The number of aldehydes is 1. The van der Waals surface area contributed by atoms with Crippen LogP contribution in [-0.4, -0.2) is 69.8 Å². The van der Waals surface area contributed by atoms with Crippen molar-refractivity contribution in [3.63, 3.8) is 0 Å². The Morgan fingerprint density at radius 2 is 1.94 bits per heavy atom. The Balaban J connectivity index is 2.01. The summed E-state index contributed by atoms with van der Waals surface area (Å²) in [6, 6.07) is 1.36. The molecule has 7 atom stereocenters. The highest BCUT2D eigenvalue weighted by Gasteiger charge is 2.68. The van der Waals surface area contributed by atoms with Gasteiger partial charge in [-0.05, 0) is 24.8 Å². The van der Waals surface area contributed by atoms with Gasteiger partial charge in [0.2, 0.25) is 0 Å². The molecule has 1 aromatic rings. The standard InChI is InChI=1S/C26H38O9/c1-6-8-9-14(18-11-19(28)26(25(32)34-18)20(7-2)35-26)21(29)15-10-16(24(33-5)13(3)4)23(31)17(12-27)22(15)30/h10,12-14,18-20,24-25,28,30-32H,6-9,11H2,1-5H3/t14?,18-,19-,20+,24?,25-,26+/m1/s1. The van der Waals surface area contributed by atoms with Crippen molar-refractivity contribution in [1.82, 2.24) is 0 Å². The number of ether oxygens (including phenoxy) is 3. The number of phenolic OH excluding ortho intramolecular Hbond substituents is 2. The molecule has 2 unspecified atom stereocenters. The summed E-state index contributed by atoms with van der Waals surface area (Å²) in [6.45, 7) is 7.59. The Morgan fingerprint density at radius 3 is 2.43 bits per heavy atom. The van der Waals surface area contributed by atoms with Crippen LogP contribution >= 0.6 is 0 Å². The van der Waals surface area contributed by atoms with E-state index < -0.39 is 53.4 Å². The largest absolute Gasteiger partial charge is 0.507 e. The van der Waals surface area contributed by atoms with E-state index in [0.717, 1.165) is 6.42 Å². The molecule has 2 saturated heterocycles. The molecule has 1 spiro atoms. The van der Waals surface area contributed by atoms with Gasteiger partial charge in [0.1, 0.15) is 11.5 Å². The van der Waals surface area contributed by atoms with E-state index in [4.69, 9.17) is 14.2 Å². The number of rotatable bonds is 11. The zero-order chi connectivity index (χ0) is 26.1. The molecule has 2 heterocycles. The first kappa shape index (κ1) is 27.5. The van der Waals surface area contributed by atoms with Crippen LogP contribution in [0, 0.1) is 11.8 Å².